The molecule has 0 fully saturated rings. The molecule has 5 rings (SSSR count). The fourth-order valence-corrected chi connectivity index (χ4v) is 4.39. The summed E-state index contributed by atoms with van der Waals surface area (Å²) >= 11 is 5.92. The van der Waals surface area contributed by atoms with Gasteiger partial charge < -0.3 is 15.4 Å². The van der Waals surface area contributed by atoms with Gasteiger partial charge in [-0.15, -0.1) is 0 Å². The fraction of sp³-hybridized carbons (Fsp3) is 0.0263. The maximum Gasteiger partial charge on any atom is 0.272 e. The number of halogens is 1. The molecule has 5 aromatic carbocycles. The zero-order valence-electron chi connectivity index (χ0n) is 24.2. The molecule has 0 heterocycles. The Hall–Kier alpha value is -5.72. The van der Waals surface area contributed by atoms with Gasteiger partial charge in [-0.2, -0.15) is 0 Å². The Kier molecular flexibility index (Phi) is 10.3. The quantitative estimate of drug-likeness (QED) is 0.116. The van der Waals surface area contributed by atoms with Gasteiger partial charge in [-0.3, -0.25) is 14.4 Å². The van der Waals surface area contributed by atoms with Crippen molar-refractivity contribution in [2.45, 2.75) is 6.61 Å². The highest BCUT2D eigenvalue weighted by molar-refractivity contribution is 6.30. The van der Waals surface area contributed by atoms with E-state index in [2.05, 4.69) is 10.6 Å². The number of nitrogens with one attached hydrogen (secondary N) is 2. The van der Waals surface area contributed by atoms with E-state index in [4.69, 9.17) is 16.3 Å². The molecule has 0 bridgehead atoms. The van der Waals surface area contributed by atoms with Crippen LogP contribution in [0.15, 0.2) is 145 Å². The molecule has 7 heteroatoms. The first-order chi connectivity index (χ1) is 21.9. The van der Waals surface area contributed by atoms with Crippen molar-refractivity contribution < 1.29 is 19.1 Å². The third-order valence-electron chi connectivity index (χ3n) is 6.69. The number of ether oxygens (including phenoxy) is 1. The van der Waals surface area contributed by atoms with Gasteiger partial charge in [-0.05, 0) is 89.5 Å². The normalized spacial score (nSPS) is 11.2. The van der Waals surface area contributed by atoms with Crippen molar-refractivity contribution in [2.24, 2.45) is 0 Å². The first-order valence-electron chi connectivity index (χ1n) is 14.2. The second kappa shape index (κ2) is 15.1. The van der Waals surface area contributed by atoms with Crippen LogP contribution in [-0.4, -0.2) is 17.6 Å². The Labute approximate surface area is 266 Å². The molecule has 0 radical (unpaired) electrons. The van der Waals surface area contributed by atoms with Crippen molar-refractivity contribution in [1.82, 2.24) is 5.32 Å². The summed E-state index contributed by atoms with van der Waals surface area (Å²) in [5.74, 6) is -0.457. The van der Waals surface area contributed by atoms with Crippen molar-refractivity contribution in [2.75, 3.05) is 5.32 Å². The van der Waals surface area contributed by atoms with E-state index in [0.29, 0.717) is 39.8 Å². The molecule has 0 saturated heterocycles. The lowest BCUT2D eigenvalue weighted by atomic mass is 10.1. The number of carbonyl (C=O) groups excluding carboxylic acids is 3. The summed E-state index contributed by atoms with van der Waals surface area (Å²) in [5.41, 5.74) is 3.97. The summed E-state index contributed by atoms with van der Waals surface area (Å²) in [7, 11) is 0. The second-order valence-electron chi connectivity index (χ2n) is 10.0. The van der Waals surface area contributed by atoms with E-state index in [0.717, 1.165) is 11.1 Å². The topological polar surface area (TPSA) is 84.5 Å². The van der Waals surface area contributed by atoms with Gasteiger partial charge in [0.25, 0.3) is 11.8 Å². The summed E-state index contributed by atoms with van der Waals surface area (Å²) in [6, 6.07) is 39.4. The molecule has 0 aliphatic rings. The molecule has 0 spiro atoms. The second-order valence-corrected chi connectivity index (χ2v) is 10.4. The van der Waals surface area contributed by atoms with Gasteiger partial charge in [0.15, 0.2) is 5.78 Å². The number of ketones is 1. The third kappa shape index (κ3) is 9.13. The molecule has 0 aliphatic carbocycles. The molecule has 0 aromatic heterocycles. The molecular formula is C38H29ClN2O4. The van der Waals surface area contributed by atoms with Crippen LogP contribution in [0.2, 0.25) is 5.02 Å². The first kappa shape index (κ1) is 30.7. The maximum atomic E-state index is 13.4. The lowest BCUT2D eigenvalue weighted by molar-refractivity contribution is -0.113. The van der Waals surface area contributed by atoms with E-state index >= 15 is 0 Å². The number of benzene rings is 5. The molecule has 0 atom stereocenters. The molecule has 222 valence electrons. The summed E-state index contributed by atoms with van der Waals surface area (Å²) in [4.78, 5) is 39.0. The highest BCUT2D eigenvalue weighted by Gasteiger charge is 2.15. The van der Waals surface area contributed by atoms with Gasteiger partial charge in [0, 0.05) is 21.8 Å². The number of carbonyl (C=O) groups is 3. The predicted octanol–water partition coefficient (Wildman–Crippen LogP) is 8.22. The van der Waals surface area contributed by atoms with Gasteiger partial charge in [0.1, 0.15) is 18.1 Å². The zero-order valence-corrected chi connectivity index (χ0v) is 24.9. The van der Waals surface area contributed by atoms with Crippen LogP contribution in [0, 0.1) is 0 Å². The number of rotatable bonds is 11. The minimum atomic E-state index is -0.523. The average molecular weight is 613 g/mol. The molecule has 5 aromatic rings. The van der Waals surface area contributed by atoms with Gasteiger partial charge in [-0.1, -0.05) is 90.5 Å². The fourth-order valence-electron chi connectivity index (χ4n) is 4.27. The molecule has 0 saturated carbocycles. The number of hydrogen-bond acceptors (Lipinski definition) is 4. The zero-order chi connectivity index (χ0) is 31.4. The van der Waals surface area contributed by atoms with Crippen LogP contribution in [0.4, 0.5) is 5.69 Å². The van der Waals surface area contributed by atoms with Gasteiger partial charge >= 0.3 is 0 Å². The van der Waals surface area contributed by atoms with Crippen molar-refractivity contribution in [3.05, 3.63) is 178 Å². The average Bonchev–Trinajstić information content (AvgIpc) is 3.08. The molecular weight excluding hydrogens is 584 g/mol. The van der Waals surface area contributed by atoms with Gasteiger partial charge in [0.05, 0.1) is 0 Å². The van der Waals surface area contributed by atoms with E-state index < -0.39 is 11.8 Å². The van der Waals surface area contributed by atoms with Crippen LogP contribution < -0.4 is 15.4 Å². The van der Waals surface area contributed by atoms with Crippen molar-refractivity contribution in [1.29, 1.82) is 0 Å². The van der Waals surface area contributed by atoms with Crippen LogP contribution in [0.25, 0.3) is 12.2 Å². The third-order valence-corrected chi connectivity index (χ3v) is 6.94. The molecule has 0 unspecified atom stereocenters. The number of hydrogen-bond donors (Lipinski definition) is 2. The SMILES string of the molecule is O=C(Nc1ccc(C(=O)/C=C/c2ccc(Cl)cc2)cc1)/C(=C/c1ccc(OCc2ccccc2)cc1)NC(=O)c1ccccc1. The summed E-state index contributed by atoms with van der Waals surface area (Å²) in [6.45, 7) is 0.430. The highest BCUT2D eigenvalue weighted by atomic mass is 35.5. The molecule has 45 heavy (non-hydrogen) atoms. The lowest BCUT2D eigenvalue weighted by Crippen LogP contribution is -2.30. The van der Waals surface area contributed by atoms with Gasteiger partial charge in [-0.25, -0.2) is 0 Å². The van der Waals surface area contributed by atoms with E-state index in [1.807, 2.05) is 48.5 Å². The number of amides is 2. The van der Waals surface area contributed by atoms with Crippen LogP contribution in [-0.2, 0) is 11.4 Å². The Balaban J connectivity index is 1.28. The molecule has 2 amide bonds. The molecule has 0 aliphatic heterocycles. The Bertz CT molecular complexity index is 1820. The lowest BCUT2D eigenvalue weighted by Gasteiger charge is -2.12. The minimum Gasteiger partial charge on any atom is -0.489 e. The minimum absolute atomic E-state index is 0.0489. The predicted molar refractivity (Wildman–Crippen MR) is 179 cm³/mol. The van der Waals surface area contributed by atoms with Crippen LogP contribution in [0.5, 0.6) is 5.75 Å². The number of anilines is 1. The van der Waals surface area contributed by atoms with E-state index in [9.17, 15) is 14.4 Å². The summed E-state index contributed by atoms with van der Waals surface area (Å²) in [5, 5.41) is 6.17. The molecule has 6 nitrogen and oxygen atoms in total. The van der Waals surface area contributed by atoms with Crippen molar-refractivity contribution >= 4 is 47.0 Å². The smallest absolute Gasteiger partial charge is 0.272 e. The van der Waals surface area contributed by atoms with Crippen LogP contribution >= 0.6 is 11.6 Å². The largest absolute Gasteiger partial charge is 0.489 e. The van der Waals surface area contributed by atoms with E-state index in [1.54, 1.807) is 97.1 Å². The first-order valence-corrected chi connectivity index (χ1v) is 14.5. The Morgan fingerprint density at radius 2 is 1.29 bits per heavy atom. The monoisotopic (exact) mass is 612 g/mol. The highest BCUT2D eigenvalue weighted by Crippen LogP contribution is 2.18. The van der Waals surface area contributed by atoms with Crippen LogP contribution in [0.3, 0.4) is 0 Å². The van der Waals surface area contributed by atoms with Crippen LogP contribution in [0.1, 0.15) is 37.4 Å². The number of allylic oxidation sites excluding steroid dienone is 1. The van der Waals surface area contributed by atoms with E-state index in [1.165, 1.54) is 6.08 Å². The van der Waals surface area contributed by atoms with E-state index in [-0.39, 0.29) is 11.5 Å². The standard InChI is InChI=1S/C38H29ClN2O4/c39-32-18-11-27(12-19-32)15-24-36(42)30-16-20-33(21-17-30)40-38(44)35(41-37(43)31-9-5-2-6-10-31)25-28-13-22-34(23-14-28)45-26-29-7-3-1-4-8-29/h1-25H,26H2,(H,40,44)(H,41,43)/b24-15+,35-25-. The maximum absolute atomic E-state index is 13.4. The van der Waals surface area contributed by atoms with Gasteiger partial charge in [0.2, 0.25) is 0 Å². The van der Waals surface area contributed by atoms with Crippen molar-refractivity contribution in [3.8, 4) is 5.75 Å². The summed E-state index contributed by atoms with van der Waals surface area (Å²) in [6.07, 6.45) is 4.79. The van der Waals surface area contributed by atoms with Crippen molar-refractivity contribution in [3.63, 3.8) is 0 Å². The Morgan fingerprint density at radius 3 is 1.96 bits per heavy atom. The molecule has 2 N–H and O–H groups in total. The Morgan fingerprint density at radius 1 is 0.667 bits per heavy atom. The summed E-state index contributed by atoms with van der Waals surface area (Å²) < 4.78 is 5.87.